The molecule has 0 radical (unpaired) electrons. The van der Waals surface area contributed by atoms with E-state index in [1.165, 1.54) is 5.56 Å². The SMILES string of the molecule is COc1cccc(SCc2ccc(C=CC(=O)O)cc2)c1. The quantitative estimate of drug-likeness (QED) is 0.645. The van der Waals surface area contributed by atoms with Crippen LogP contribution >= 0.6 is 11.8 Å². The van der Waals surface area contributed by atoms with Crippen LogP contribution in [0.3, 0.4) is 0 Å². The van der Waals surface area contributed by atoms with E-state index in [-0.39, 0.29) is 0 Å². The zero-order valence-electron chi connectivity index (χ0n) is 11.7. The smallest absolute Gasteiger partial charge is 0.328 e. The van der Waals surface area contributed by atoms with Crippen LogP contribution in [0, 0.1) is 0 Å². The first kappa shape index (κ1) is 15.2. The highest BCUT2D eigenvalue weighted by atomic mass is 32.2. The first-order chi connectivity index (χ1) is 10.2. The van der Waals surface area contributed by atoms with Crippen molar-refractivity contribution in [2.45, 2.75) is 10.6 Å². The molecule has 0 atom stereocenters. The number of carbonyl (C=O) groups is 1. The van der Waals surface area contributed by atoms with Crippen molar-refractivity contribution in [1.29, 1.82) is 0 Å². The van der Waals surface area contributed by atoms with E-state index in [1.807, 2.05) is 42.5 Å². The van der Waals surface area contributed by atoms with Gasteiger partial charge in [0.15, 0.2) is 0 Å². The number of methoxy groups -OCH3 is 1. The van der Waals surface area contributed by atoms with Gasteiger partial charge in [0.05, 0.1) is 7.11 Å². The van der Waals surface area contributed by atoms with Crippen molar-refractivity contribution in [3.63, 3.8) is 0 Å². The third-order valence-electron chi connectivity index (χ3n) is 2.84. The zero-order chi connectivity index (χ0) is 15.1. The molecule has 4 heteroatoms. The van der Waals surface area contributed by atoms with Gasteiger partial charge in [0, 0.05) is 16.7 Å². The van der Waals surface area contributed by atoms with Gasteiger partial charge in [-0.3, -0.25) is 0 Å². The van der Waals surface area contributed by atoms with Gasteiger partial charge in [-0.05, 0) is 35.4 Å². The first-order valence-electron chi connectivity index (χ1n) is 6.44. The van der Waals surface area contributed by atoms with E-state index in [0.717, 1.165) is 28.0 Å². The Labute approximate surface area is 128 Å². The molecule has 0 spiro atoms. The summed E-state index contributed by atoms with van der Waals surface area (Å²) >= 11 is 1.74. The van der Waals surface area contributed by atoms with Crippen LogP contribution in [0.1, 0.15) is 11.1 Å². The van der Waals surface area contributed by atoms with E-state index in [4.69, 9.17) is 9.84 Å². The largest absolute Gasteiger partial charge is 0.497 e. The van der Waals surface area contributed by atoms with E-state index < -0.39 is 5.97 Å². The van der Waals surface area contributed by atoms with Crippen molar-refractivity contribution in [3.05, 3.63) is 65.7 Å². The summed E-state index contributed by atoms with van der Waals surface area (Å²) in [6, 6.07) is 15.8. The summed E-state index contributed by atoms with van der Waals surface area (Å²) < 4.78 is 5.20. The highest BCUT2D eigenvalue weighted by molar-refractivity contribution is 7.98. The summed E-state index contributed by atoms with van der Waals surface area (Å²) in [7, 11) is 1.66. The van der Waals surface area contributed by atoms with Gasteiger partial charge in [-0.1, -0.05) is 30.3 Å². The van der Waals surface area contributed by atoms with Gasteiger partial charge in [-0.2, -0.15) is 0 Å². The van der Waals surface area contributed by atoms with Crippen LogP contribution in [0.15, 0.2) is 59.5 Å². The summed E-state index contributed by atoms with van der Waals surface area (Å²) in [4.78, 5) is 11.6. The Bertz CT molecular complexity index is 633. The summed E-state index contributed by atoms with van der Waals surface area (Å²) in [6.07, 6.45) is 2.72. The van der Waals surface area contributed by atoms with Crippen LogP contribution in [-0.2, 0) is 10.5 Å². The van der Waals surface area contributed by atoms with Crippen LogP contribution in [0.5, 0.6) is 5.75 Å². The average molecular weight is 300 g/mol. The molecule has 0 bridgehead atoms. The van der Waals surface area contributed by atoms with Crippen molar-refractivity contribution in [3.8, 4) is 5.75 Å². The Balaban J connectivity index is 1.95. The summed E-state index contributed by atoms with van der Waals surface area (Å²) in [6.45, 7) is 0. The lowest BCUT2D eigenvalue weighted by Gasteiger charge is -2.05. The van der Waals surface area contributed by atoms with Crippen LogP contribution in [0.2, 0.25) is 0 Å². The minimum atomic E-state index is -0.937. The number of thioether (sulfide) groups is 1. The molecule has 2 aromatic carbocycles. The van der Waals surface area contributed by atoms with E-state index in [1.54, 1.807) is 24.9 Å². The molecule has 2 rings (SSSR count). The molecule has 0 saturated heterocycles. The molecule has 0 heterocycles. The van der Waals surface area contributed by atoms with Crippen molar-refractivity contribution in [1.82, 2.24) is 0 Å². The van der Waals surface area contributed by atoms with Crippen molar-refractivity contribution in [2.75, 3.05) is 7.11 Å². The van der Waals surface area contributed by atoms with E-state index in [2.05, 4.69) is 6.07 Å². The van der Waals surface area contributed by atoms with Gasteiger partial charge < -0.3 is 9.84 Å². The Morgan fingerprint density at radius 3 is 2.67 bits per heavy atom. The van der Waals surface area contributed by atoms with Gasteiger partial charge in [0.2, 0.25) is 0 Å². The van der Waals surface area contributed by atoms with Gasteiger partial charge in [-0.25, -0.2) is 4.79 Å². The van der Waals surface area contributed by atoms with Crippen LogP contribution in [0.4, 0.5) is 0 Å². The van der Waals surface area contributed by atoms with Crippen LogP contribution in [-0.4, -0.2) is 18.2 Å². The number of hydrogen-bond donors (Lipinski definition) is 1. The van der Waals surface area contributed by atoms with E-state index in [9.17, 15) is 4.79 Å². The lowest BCUT2D eigenvalue weighted by Crippen LogP contribution is -1.86. The number of carboxylic acid groups (broad SMARTS) is 1. The molecule has 0 aliphatic rings. The number of aliphatic carboxylic acids is 1. The Kier molecular flexibility index (Phi) is 5.46. The standard InChI is InChI=1S/C17H16O3S/c1-20-15-3-2-4-16(11-15)21-12-14-7-5-13(6-8-14)9-10-17(18)19/h2-11H,12H2,1H3,(H,18,19). The first-order valence-corrected chi connectivity index (χ1v) is 7.43. The van der Waals surface area contributed by atoms with Crippen LogP contribution < -0.4 is 4.74 Å². The monoisotopic (exact) mass is 300 g/mol. The highest BCUT2D eigenvalue weighted by Crippen LogP contribution is 2.26. The van der Waals surface area contributed by atoms with E-state index in [0.29, 0.717) is 0 Å². The molecule has 0 aliphatic carbocycles. The molecular weight excluding hydrogens is 284 g/mol. The maximum atomic E-state index is 10.5. The minimum absolute atomic E-state index is 0.856. The summed E-state index contributed by atoms with van der Waals surface area (Å²) in [5, 5.41) is 8.58. The highest BCUT2D eigenvalue weighted by Gasteiger charge is 1.99. The van der Waals surface area contributed by atoms with Crippen molar-refractivity contribution >= 4 is 23.8 Å². The molecule has 0 unspecified atom stereocenters. The maximum absolute atomic E-state index is 10.5. The zero-order valence-corrected chi connectivity index (χ0v) is 12.5. The fraction of sp³-hybridized carbons (Fsp3) is 0.118. The predicted octanol–water partition coefficient (Wildman–Crippen LogP) is 4.09. The van der Waals surface area contributed by atoms with Crippen molar-refractivity contribution in [2.24, 2.45) is 0 Å². The number of ether oxygens (including phenoxy) is 1. The molecule has 0 aromatic heterocycles. The molecule has 21 heavy (non-hydrogen) atoms. The number of hydrogen-bond acceptors (Lipinski definition) is 3. The molecule has 0 amide bonds. The number of carboxylic acids is 1. The number of rotatable bonds is 6. The molecule has 108 valence electrons. The fourth-order valence-electron chi connectivity index (χ4n) is 1.75. The minimum Gasteiger partial charge on any atom is -0.497 e. The Morgan fingerprint density at radius 1 is 1.24 bits per heavy atom. The number of benzene rings is 2. The molecule has 0 saturated carbocycles. The average Bonchev–Trinajstić information content (AvgIpc) is 2.52. The predicted molar refractivity (Wildman–Crippen MR) is 85.7 cm³/mol. The molecular formula is C17H16O3S. The maximum Gasteiger partial charge on any atom is 0.328 e. The van der Waals surface area contributed by atoms with Crippen molar-refractivity contribution < 1.29 is 14.6 Å². The molecule has 0 aliphatic heterocycles. The van der Waals surface area contributed by atoms with Crippen LogP contribution in [0.25, 0.3) is 6.08 Å². The van der Waals surface area contributed by atoms with Gasteiger partial charge in [0.25, 0.3) is 0 Å². The summed E-state index contributed by atoms with van der Waals surface area (Å²) in [5.41, 5.74) is 2.07. The van der Waals surface area contributed by atoms with Gasteiger partial charge >= 0.3 is 5.97 Å². The summed E-state index contributed by atoms with van der Waals surface area (Å²) in [5.74, 6) is 0.776. The molecule has 3 nitrogen and oxygen atoms in total. The third-order valence-corrected chi connectivity index (χ3v) is 3.91. The normalized spacial score (nSPS) is 10.7. The third kappa shape index (κ3) is 5.00. The van der Waals surface area contributed by atoms with Gasteiger partial charge in [0.1, 0.15) is 5.75 Å². The Hall–Kier alpha value is -2.20. The Morgan fingerprint density at radius 2 is 2.00 bits per heavy atom. The molecule has 2 aromatic rings. The second kappa shape index (κ2) is 7.55. The lowest BCUT2D eigenvalue weighted by molar-refractivity contribution is -0.131. The molecule has 0 fully saturated rings. The lowest BCUT2D eigenvalue weighted by atomic mass is 10.1. The fourth-order valence-corrected chi connectivity index (χ4v) is 2.65. The van der Waals surface area contributed by atoms with Gasteiger partial charge in [-0.15, -0.1) is 11.8 Å². The molecule has 1 N–H and O–H groups in total. The second-order valence-electron chi connectivity index (χ2n) is 4.38. The second-order valence-corrected chi connectivity index (χ2v) is 5.43. The van der Waals surface area contributed by atoms with E-state index >= 15 is 0 Å². The topological polar surface area (TPSA) is 46.5 Å².